The molecule has 3 rings (SSSR count). The Bertz CT molecular complexity index is 865. The van der Waals surface area contributed by atoms with Gasteiger partial charge < -0.3 is 9.47 Å². The first kappa shape index (κ1) is 17.1. The summed E-state index contributed by atoms with van der Waals surface area (Å²) in [5.74, 6) is 1.28. The van der Waals surface area contributed by atoms with Crippen LogP contribution in [0, 0.1) is 0 Å². The summed E-state index contributed by atoms with van der Waals surface area (Å²) in [7, 11) is -3.77. The van der Waals surface area contributed by atoms with Crippen LogP contribution in [0.25, 0.3) is 0 Å². The summed E-state index contributed by atoms with van der Waals surface area (Å²) in [4.78, 5) is 0.0530. The van der Waals surface area contributed by atoms with Crippen LogP contribution in [0.3, 0.4) is 0 Å². The van der Waals surface area contributed by atoms with E-state index in [9.17, 15) is 8.42 Å². The first-order chi connectivity index (χ1) is 11.3. The van der Waals surface area contributed by atoms with Gasteiger partial charge in [-0.15, -0.1) is 0 Å². The number of ether oxygens (including phenoxy) is 2. The molecule has 7 heteroatoms. The van der Waals surface area contributed by atoms with Gasteiger partial charge in [-0.3, -0.25) is 0 Å². The van der Waals surface area contributed by atoms with Crippen LogP contribution in [0.15, 0.2) is 47.4 Å². The molecule has 1 aliphatic rings. The van der Waals surface area contributed by atoms with Crippen molar-refractivity contribution >= 4 is 21.6 Å². The van der Waals surface area contributed by atoms with E-state index in [2.05, 4.69) is 4.72 Å². The molecule has 1 aliphatic heterocycles. The van der Waals surface area contributed by atoms with Gasteiger partial charge >= 0.3 is 0 Å². The number of halogens is 1. The van der Waals surface area contributed by atoms with Crippen LogP contribution in [-0.2, 0) is 15.6 Å². The quantitative estimate of drug-likeness (QED) is 0.900. The summed E-state index contributed by atoms with van der Waals surface area (Å²) in [6, 6.07) is 11.8. The molecule has 0 saturated heterocycles. The fourth-order valence-corrected chi connectivity index (χ4v) is 4.47. The van der Waals surface area contributed by atoms with Gasteiger partial charge in [0.1, 0.15) is 18.1 Å². The minimum Gasteiger partial charge on any atom is -0.486 e. The Morgan fingerprint density at radius 3 is 2.42 bits per heavy atom. The lowest BCUT2D eigenvalue weighted by atomic mass is 9.95. The van der Waals surface area contributed by atoms with E-state index >= 15 is 0 Å². The molecule has 0 unspecified atom stereocenters. The number of sulfonamides is 1. The maximum absolute atomic E-state index is 12.7. The number of nitrogens with one attached hydrogen (secondary N) is 1. The summed E-state index contributed by atoms with van der Waals surface area (Å²) in [5, 5.41) is 0.183. The van der Waals surface area contributed by atoms with Crippen molar-refractivity contribution in [1.82, 2.24) is 4.72 Å². The van der Waals surface area contributed by atoms with Crippen LogP contribution < -0.4 is 14.2 Å². The zero-order chi connectivity index (χ0) is 17.4. The van der Waals surface area contributed by atoms with Gasteiger partial charge in [0, 0.05) is 0 Å². The predicted octanol–water partition coefficient (Wildman–Crippen LogP) is 3.32. The Morgan fingerprint density at radius 2 is 1.71 bits per heavy atom. The molecule has 5 nitrogen and oxygen atoms in total. The molecule has 0 bridgehead atoms. The van der Waals surface area contributed by atoms with Gasteiger partial charge in [0.05, 0.1) is 10.6 Å². The van der Waals surface area contributed by atoms with E-state index in [0.717, 1.165) is 5.56 Å². The SMILES string of the molecule is CC(C)(NS(=O)(=O)c1ccccc1Cl)c1ccc2c(c1)OCCO2. The monoisotopic (exact) mass is 367 g/mol. The van der Waals surface area contributed by atoms with Gasteiger partial charge in [-0.05, 0) is 43.7 Å². The van der Waals surface area contributed by atoms with Crippen molar-refractivity contribution < 1.29 is 17.9 Å². The summed E-state index contributed by atoms with van der Waals surface area (Å²) in [5.41, 5.74) is -0.0872. The molecule has 128 valence electrons. The molecule has 1 heterocycles. The second kappa shape index (κ2) is 6.27. The summed E-state index contributed by atoms with van der Waals surface area (Å²) >= 11 is 6.02. The molecule has 2 aromatic rings. The third-order valence-corrected chi connectivity index (χ3v) is 5.94. The molecule has 0 atom stereocenters. The molecule has 0 saturated carbocycles. The van der Waals surface area contributed by atoms with Crippen LogP contribution in [-0.4, -0.2) is 21.6 Å². The van der Waals surface area contributed by atoms with Gasteiger partial charge in [0.15, 0.2) is 11.5 Å². The zero-order valence-electron chi connectivity index (χ0n) is 13.4. The van der Waals surface area contributed by atoms with Gasteiger partial charge in [0.25, 0.3) is 0 Å². The van der Waals surface area contributed by atoms with Crippen molar-refractivity contribution in [3.63, 3.8) is 0 Å². The van der Waals surface area contributed by atoms with Gasteiger partial charge in [-0.25, -0.2) is 13.1 Å². The highest BCUT2D eigenvalue weighted by Crippen LogP contribution is 2.35. The lowest BCUT2D eigenvalue weighted by molar-refractivity contribution is 0.171. The van der Waals surface area contributed by atoms with Gasteiger partial charge in [-0.2, -0.15) is 0 Å². The molecule has 0 aliphatic carbocycles. The Morgan fingerprint density at radius 1 is 1.04 bits per heavy atom. The standard InChI is InChI=1S/C17H18ClNO4S/c1-17(2,12-7-8-14-15(11-12)23-10-9-22-14)19-24(20,21)16-6-4-3-5-13(16)18/h3-8,11,19H,9-10H2,1-2H3. The molecule has 24 heavy (non-hydrogen) atoms. The zero-order valence-corrected chi connectivity index (χ0v) is 14.9. The molecule has 0 radical (unpaired) electrons. The largest absolute Gasteiger partial charge is 0.486 e. The number of hydrogen-bond acceptors (Lipinski definition) is 4. The number of rotatable bonds is 4. The van der Waals surface area contributed by atoms with Crippen molar-refractivity contribution in [1.29, 1.82) is 0 Å². The maximum atomic E-state index is 12.7. The molecule has 0 fully saturated rings. The molecule has 2 aromatic carbocycles. The highest BCUT2D eigenvalue weighted by atomic mass is 35.5. The maximum Gasteiger partial charge on any atom is 0.242 e. The van der Waals surface area contributed by atoms with E-state index in [1.165, 1.54) is 6.07 Å². The minimum atomic E-state index is -3.77. The van der Waals surface area contributed by atoms with E-state index in [4.69, 9.17) is 21.1 Å². The van der Waals surface area contributed by atoms with Crippen molar-refractivity contribution in [2.24, 2.45) is 0 Å². The molecule has 0 spiro atoms. The van der Waals surface area contributed by atoms with Gasteiger partial charge in [-0.1, -0.05) is 29.8 Å². The van der Waals surface area contributed by atoms with Crippen molar-refractivity contribution in [3.05, 3.63) is 53.1 Å². The number of fused-ring (bicyclic) bond motifs is 1. The Labute approximate surface area is 146 Å². The lowest BCUT2D eigenvalue weighted by Gasteiger charge is -2.28. The third kappa shape index (κ3) is 3.36. The third-order valence-electron chi connectivity index (χ3n) is 3.78. The number of hydrogen-bond donors (Lipinski definition) is 1. The van der Waals surface area contributed by atoms with E-state index in [1.54, 1.807) is 44.2 Å². The smallest absolute Gasteiger partial charge is 0.242 e. The van der Waals surface area contributed by atoms with E-state index in [1.807, 2.05) is 6.07 Å². The fraction of sp³-hybridized carbons (Fsp3) is 0.294. The first-order valence-corrected chi connectivity index (χ1v) is 9.34. The fourth-order valence-electron chi connectivity index (χ4n) is 2.54. The first-order valence-electron chi connectivity index (χ1n) is 7.48. The van der Waals surface area contributed by atoms with Crippen LogP contribution in [0.2, 0.25) is 5.02 Å². The van der Waals surface area contributed by atoms with Crippen LogP contribution in [0.1, 0.15) is 19.4 Å². The van der Waals surface area contributed by atoms with Crippen molar-refractivity contribution in [3.8, 4) is 11.5 Å². The normalized spacial score (nSPS) is 14.5. The number of benzene rings is 2. The molecular weight excluding hydrogens is 350 g/mol. The average molecular weight is 368 g/mol. The van der Waals surface area contributed by atoms with Crippen molar-refractivity contribution in [2.75, 3.05) is 13.2 Å². The predicted molar refractivity (Wildman–Crippen MR) is 92.2 cm³/mol. The minimum absolute atomic E-state index is 0.0530. The Hall–Kier alpha value is -1.76. The average Bonchev–Trinajstić information content (AvgIpc) is 2.53. The molecule has 0 amide bonds. The highest BCUT2D eigenvalue weighted by Gasteiger charge is 2.30. The molecule has 1 N–H and O–H groups in total. The van der Waals surface area contributed by atoms with E-state index < -0.39 is 15.6 Å². The summed E-state index contributed by atoms with van der Waals surface area (Å²) in [6.45, 7) is 4.55. The van der Waals surface area contributed by atoms with Gasteiger partial charge in [0.2, 0.25) is 10.0 Å². The molecule has 0 aromatic heterocycles. The van der Waals surface area contributed by atoms with Crippen molar-refractivity contribution in [2.45, 2.75) is 24.3 Å². The lowest BCUT2D eigenvalue weighted by Crippen LogP contribution is -2.41. The Balaban J connectivity index is 1.92. The molecular formula is C17H18ClNO4S. The van der Waals surface area contributed by atoms with E-state index in [-0.39, 0.29) is 9.92 Å². The van der Waals surface area contributed by atoms with Crippen LogP contribution in [0.4, 0.5) is 0 Å². The second-order valence-corrected chi connectivity index (χ2v) is 8.08. The highest BCUT2D eigenvalue weighted by molar-refractivity contribution is 7.89. The van der Waals surface area contributed by atoms with Crippen LogP contribution >= 0.6 is 11.6 Å². The Kier molecular flexibility index (Phi) is 4.46. The summed E-state index contributed by atoms with van der Waals surface area (Å²) < 4.78 is 39.1. The summed E-state index contributed by atoms with van der Waals surface area (Å²) in [6.07, 6.45) is 0. The van der Waals surface area contributed by atoms with Crippen LogP contribution in [0.5, 0.6) is 11.5 Å². The second-order valence-electron chi connectivity index (χ2n) is 6.02. The van der Waals surface area contributed by atoms with E-state index in [0.29, 0.717) is 24.7 Å². The topological polar surface area (TPSA) is 64.6 Å².